The van der Waals surface area contributed by atoms with Crippen molar-refractivity contribution < 1.29 is 0 Å². The summed E-state index contributed by atoms with van der Waals surface area (Å²) in [7, 11) is 0. The van der Waals surface area contributed by atoms with E-state index >= 15 is 0 Å². The summed E-state index contributed by atoms with van der Waals surface area (Å²) < 4.78 is 0. The van der Waals surface area contributed by atoms with Crippen molar-refractivity contribution >= 4 is 21.9 Å². The molecule has 0 aliphatic rings. The number of H-pyrrole nitrogens is 2. The maximum absolute atomic E-state index is 4.72. The van der Waals surface area contributed by atoms with Crippen LogP contribution in [0.15, 0.2) is 55.2 Å². The molecule has 24 heavy (non-hydrogen) atoms. The third-order valence-corrected chi connectivity index (χ3v) is 3.91. The number of aromatic amines is 2. The molecule has 5 heterocycles. The molecule has 7 heteroatoms. The topological polar surface area (TPSA) is 96.0 Å². The van der Waals surface area contributed by atoms with E-state index in [9.17, 15) is 0 Å². The molecule has 0 spiro atoms. The van der Waals surface area contributed by atoms with Crippen LogP contribution in [0.3, 0.4) is 0 Å². The van der Waals surface area contributed by atoms with Crippen molar-refractivity contribution in [2.24, 2.45) is 0 Å². The lowest BCUT2D eigenvalue weighted by Gasteiger charge is -1.99. The summed E-state index contributed by atoms with van der Waals surface area (Å²) >= 11 is 0. The summed E-state index contributed by atoms with van der Waals surface area (Å²) in [5, 5.41) is 8.53. The van der Waals surface area contributed by atoms with Crippen LogP contribution < -0.4 is 0 Å². The van der Waals surface area contributed by atoms with Gasteiger partial charge in [-0.1, -0.05) is 0 Å². The molecule has 114 valence electrons. The Morgan fingerprint density at radius 2 is 1.79 bits per heavy atom. The Balaban J connectivity index is 1.71. The number of rotatable bonds is 2. The highest BCUT2D eigenvalue weighted by Gasteiger charge is 2.13. The normalized spacial score (nSPS) is 11.3. The first kappa shape index (κ1) is 12.9. The van der Waals surface area contributed by atoms with Crippen LogP contribution in [0.1, 0.15) is 0 Å². The van der Waals surface area contributed by atoms with Crippen LogP contribution in [-0.2, 0) is 0 Å². The Hall–Kier alpha value is -3.61. The van der Waals surface area contributed by atoms with Gasteiger partial charge < -0.3 is 4.98 Å². The van der Waals surface area contributed by atoms with E-state index in [0.29, 0.717) is 0 Å². The number of aromatic nitrogens is 7. The molecular formula is C17H11N7. The van der Waals surface area contributed by atoms with Crippen LogP contribution in [-0.4, -0.2) is 35.1 Å². The summed E-state index contributed by atoms with van der Waals surface area (Å²) in [5.74, 6) is 0. The van der Waals surface area contributed by atoms with Crippen LogP contribution >= 0.6 is 0 Å². The third-order valence-electron chi connectivity index (χ3n) is 3.91. The molecule has 0 radical (unpaired) electrons. The monoisotopic (exact) mass is 313 g/mol. The molecule has 5 aromatic rings. The van der Waals surface area contributed by atoms with Gasteiger partial charge >= 0.3 is 0 Å². The van der Waals surface area contributed by atoms with E-state index in [2.05, 4.69) is 30.1 Å². The maximum Gasteiger partial charge on any atom is 0.135 e. The first-order chi connectivity index (χ1) is 11.9. The Morgan fingerprint density at radius 1 is 0.833 bits per heavy atom. The number of pyridine rings is 2. The largest absolute Gasteiger partial charge is 0.352 e. The van der Waals surface area contributed by atoms with E-state index in [1.807, 2.05) is 24.3 Å². The zero-order chi connectivity index (χ0) is 15.9. The molecule has 0 saturated carbocycles. The average molecular weight is 313 g/mol. The minimum Gasteiger partial charge on any atom is -0.352 e. The average Bonchev–Trinajstić information content (AvgIpc) is 3.25. The number of hydrogen-bond donors (Lipinski definition) is 2. The number of fused-ring (bicyclic) bond motifs is 2. The van der Waals surface area contributed by atoms with Crippen molar-refractivity contribution in [3.63, 3.8) is 0 Å². The standard InChI is InChI=1S/C17H11N7/c1-2-12-16(22-11(1)15-9-19-5-6-20-15)17(24-23-12)13-7-10-3-4-18-8-14(10)21-13/h1-9,21H,(H,23,24). The molecule has 5 rings (SSSR count). The van der Waals surface area contributed by atoms with Crippen LogP contribution in [0.5, 0.6) is 0 Å². The van der Waals surface area contributed by atoms with Crippen LogP contribution in [0.25, 0.3) is 44.7 Å². The molecule has 0 aromatic carbocycles. The van der Waals surface area contributed by atoms with Gasteiger partial charge in [0.1, 0.15) is 16.9 Å². The van der Waals surface area contributed by atoms with Gasteiger partial charge in [-0.3, -0.25) is 20.1 Å². The summed E-state index contributed by atoms with van der Waals surface area (Å²) in [6.07, 6.45) is 8.56. The van der Waals surface area contributed by atoms with E-state index < -0.39 is 0 Å². The van der Waals surface area contributed by atoms with E-state index in [1.54, 1.807) is 31.0 Å². The second-order valence-corrected chi connectivity index (χ2v) is 5.40. The quantitative estimate of drug-likeness (QED) is 0.522. The molecule has 0 fully saturated rings. The van der Waals surface area contributed by atoms with E-state index in [0.717, 1.165) is 44.7 Å². The van der Waals surface area contributed by atoms with E-state index in [1.165, 1.54) is 0 Å². The molecular weight excluding hydrogens is 302 g/mol. The summed E-state index contributed by atoms with van der Waals surface area (Å²) in [5.41, 5.74) is 5.78. The van der Waals surface area contributed by atoms with Crippen molar-refractivity contribution in [1.82, 2.24) is 35.1 Å². The minimum atomic E-state index is 0.729. The van der Waals surface area contributed by atoms with Crippen molar-refractivity contribution in [2.75, 3.05) is 0 Å². The zero-order valence-corrected chi connectivity index (χ0v) is 12.4. The maximum atomic E-state index is 4.72. The minimum absolute atomic E-state index is 0.729. The third kappa shape index (κ3) is 1.95. The zero-order valence-electron chi connectivity index (χ0n) is 12.4. The Morgan fingerprint density at radius 3 is 2.67 bits per heavy atom. The first-order valence-corrected chi connectivity index (χ1v) is 7.43. The number of hydrogen-bond acceptors (Lipinski definition) is 5. The van der Waals surface area contributed by atoms with Gasteiger partial charge in [0.15, 0.2) is 0 Å². The van der Waals surface area contributed by atoms with E-state index in [-0.39, 0.29) is 0 Å². The van der Waals surface area contributed by atoms with Gasteiger partial charge in [-0.2, -0.15) is 5.10 Å². The van der Waals surface area contributed by atoms with Crippen molar-refractivity contribution in [3.8, 4) is 22.8 Å². The van der Waals surface area contributed by atoms with Gasteiger partial charge in [0.05, 0.1) is 34.8 Å². The molecule has 5 aromatic heterocycles. The lowest BCUT2D eigenvalue weighted by atomic mass is 10.2. The van der Waals surface area contributed by atoms with Gasteiger partial charge in [0, 0.05) is 24.0 Å². The number of nitrogens with one attached hydrogen (secondary N) is 2. The lowest BCUT2D eigenvalue weighted by Crippen LogP contribution is -1.89. The predicted octanol–water partition coefficient (Wildman–Crippen LogP) is 2.96. The van der Waals surface area contributed by atoms with Crippen LogP contribution in [0.4, 0.5) is 0 Å². The highest BCUT2D eigenvalue weighted by molar-refractivity contribution is 5.93. The van der Waals surface area contributed by atoms with Gasteiger partial charge in [0.25, 0.3) is 0 Å². The second-order valence-electron chi connectivity index (χ2n) is 5.40. The lowest BCUT2D eigenvalue weighted by molar-refractivity contribution is 1.12. The van der Waals surface area contributed by atoms with Gasteiger partial charge in [0.2, 0.25) is 0 Å². The van der Waals surface area contributed by atoms with Crippen molar-refractivity contribution in [1.29, 1.82) is 0 Å². The molecule has 7 nitrogen and oxygen atoms in total. The highest BCUT2D eigenvalue weighted by atomic mass is 15.1. The number of nitrogens with zero attached hydrogens (tertiary/aromatic N) is 5. The molecule has 0 saturated heterocycles. The Labute approximate surface area is 135 Å². The summed E-state index contributed by atoms with van der Waals surface area (Å²) in [6, 6.07) is 7.86. The van der Waals surface area contributed by atoms with Gasteiger partial charge in [-0.25, -0.2) is 4.98 Å². The van der Waals surface area contributed by atoms with Crippen molar-refractivity contribution in [3.05, 3.63) is 55.2 Å². The summed E-state index contributed by atoms with van der Waals surface area (Å²) in [6.45, 7) is 0. The fourth-order valence-corrected chi connectivity index (χ4v) is 2.76. The highest BCUT2D eigenvalue weighted by Crippen LogP contribution is 2.28. The predicted molar refractivity (Wildman–Crippen MR) is 90.0 cm³/mol. The fourth-order valence-electron chi connectivity index (χ4n) is 2.76. The molecule has 0 amide bonds. The summed E-state index contributed by atoms with van der Waals surface area (Å²) in [4.78, 5) is 20.6. The fraction of sp³-hybridized carbons (Fsp3) is 0. The van der Waals surface area contributed by atoms with E-state index in [4.69, 9.17) is 4.98 Å². The molecule has 0 atom stereocenters. The van der Waals surface area contributed by atoms with Gasteiger partial charge in [-0.15, -0.1) is 0 Å². The second kappa shape index (κ2) is 4.95. The molecule has 0 aliphatic heterocycles. The van der Waals surface area contributed by atoms with Crippen LogP contribution in [0.2, 0.25) is 0 Å². The van der Waals surface area contributed by atoms with Crippen LogP contribution in [0, 0.1) is 0 Å². The van der Waals surface area contributed by atoms with Crippen molar-refractivity contribution in [2.45, 2.75) is 0 Å². The Bertz CT molecular complexity index is 1120. The smallest absolute Gasteiger partial charge is 0.135 e. The first-order valence-electron chi connectivity index (χ1n) is 7.43. The molecule has 2 N–H and O–H groups in total. The van der Waals surface area contributed by atoms with Gasteiger partial charge in [-0.05, 0) is 24.3 Å². The molecule has 0 bridgehead atoms. The SMILES string of the molecule is c1cnc(-c2ccc3[nH]nc(-c4cc5ccncc5[nH]4)c3n2)cn1. The Kier molecular flexibility index (Phi) is 2.66. The molecule has 0 aliphatic carbocycles. The molecule has 0 unspecified atom stereocenters.